The summed E-state index contributed by atoms with van der Waals surface area (Å²) in [5, 5.41) is 16.4. The molecule has 1 aliphatic rings. The van der Waals surface area contributed by atoms with E-state index in [0.29, 0.717) is 12.5 Å². The van der Waals surface area contributed by atoms with Gasteiger partial charge < -0.3 is 25.2 Å². The summed E-state index contributed by atoms with van der Waals surface area (Å²) in [5.41, 5.74) is 0.764. The fraction of sp³-hybridized carbons (Fsp3) is 0.562. The minimum atomic E-state index is 0. The van der Waals surface area contributed by atoms with Gasteiger partial charge in [0.25, 0.3) is 0 Å². The van der Waals surface area contributed by atoms with Gasteiger partial charge in [-0.2, -0.15) is 0 Å². The molecule has 1 saturated heterocycles. The third-order valence-electron chi connectivity index (χ3n) is 3.78. The number of benzene rings is 1. The van der Waals surface area contributed by atoms with Gasteiger partial charge in [0.15, 0.2) is 5.96 Å². The van der Waals surface area contributed by atoms with Crippen molar-refractivity contribution in [2.45, 2.75) is 6.54 Å². The first kappa shape index (κ1) is 20.8. The summed E-state index contributed by atoms with van der Waals surface area (Å²) in [5.74, 6) is 1.66. The monoisotopic (exact) mass is 450 g/mol. The van der Waals surface area contributed by atoms with E-state index in [4.69, 9.17) is 9.47 Å². The summed E-state index contributed by atoms with van der Waals surface area (Å²) in [6.07, 6.45) is 0. The van der Waals surface area contributed by atoms with Crippen molar-refractivity contribution in [1.82, 2.24) is 15.5 Å². The lowest BCUT2D eigenvalue weighted by atomic mass is 10.2. The summed E-state index contributed by atoms with van der Waals surface area (Å²) < 4.78 is 10.5. The van der Waals surface area contributed by atoms with Crippen LogP contribution in [-0.4, -0.2) is 69.5 Å². The van der Waals surface area contributed by atoms with Gasteiger partial charge in [-0.05, 0) is 18.2 Å². The van der Waals surface area contributed by atoms with Crippen LogP contribution in [0.3, 0.4) is 0 Å². The molecular weight excluding hydrogens is 423 g/mol. The molecule has 24 heavy (non-hydrogen) atoms. The van der Waals surface area contributed by atoms with Gasteiger partial charge in [-0.15, -0.1) is 24.0 Å². The molecule has 0 spiro atoms. The maximum atomic E-state index is 9.89. The molecule has 8 heteroatoms. The number of morpholine rings is 1. The van der Waals surface area contributed by atoms with E-state index in [2.05, 4.69) is 20.5 Å². The van der Waals surface area contributed by atoms with Crippen molar-refractivity contribution in [2.75, 3.05) is 53.6 Å². The molecule has 0 unspecified atom stereocenters. The fourth-order valence-corrected chi connectivity index (χ4v) is 2.39. The Morgan fingerprint density at radius 3 is 2.75 bits per heavy atom. The Kier molecular flexibility index (Phi) is 9.80. The van der Waals surface area contributed by atoms with Crippen LogP contribution < -0.4 is 15.4 Å². The number of phenols is 1. The Morgan fingerprint density at radius 1 is 1.33 bits per heavy atom. The normalized spacial score (nSPS) is 15.5. The zero-order valence-corrected chi connectivity index (χ0v) is 16.6. The maximum absolute atomic E-state index is 9.89. The number of rotatable bonds is 6. The first-order valence-electron chi connectivity index (χ1n) is 7.83. The fourth-order valence-electron chi connectivity index (χ4n) is 2.39. The molecule has 1 aliphatic heterocycles. The first-order chi connectivity index (χ1) is 11.2. The van der Waals surface area contributed by atoms with Gasteiger partial charge in [-0.3, -0.25) is 9.89 Å². The lowest BCUT2D eigenvalue weighted by Gasteiger charge is -2.26. The Hall–Kier alpha value is -1.26. The minimum absolute atomic E-state index is 0. The Morgan fingerprint density at radius 2 is 2.08 bits per heavy atom. The van der Waals surface area contributed by atoms with Crippen molar-refractivity contribution in [3.63, 3.8) is 0 Å². The van der Waals surface area contributed by atoms with Crippen LogP contribution in [0.5, 0.6) is 11.5 Å². The van der Waals surface area contributed by atoms with E-state index in [0.717, 1.165) is 50.7 Å². The lowest BCUT2D eigenvalue weighted by Crippen LogP contribution is -2.44. The Labute approximate surface area is 160 Å². The molecule has 0 bridgehead atoms. The summed E-state index contributed by atoms with van der Waals surface area (Å²) >= 11 is 0. The van der Waals surface area contributed by atoms with Crippen LogP contribution in [0.15, 0.2) is 23.2 Å². The summed E-state index contributed by atoms with van der Waals surface area (Å²) in [4.78, 5) is 6.56. The Bertz CT molecular complexity index is 522. The largest absolute Gasteiger partial charge is 0.508 e. The van der Waals surface area contributed by atoms with Crippen LogP contribution >= 0.6 is 24.0 Å². The van der Waals surface area contributed by atoms with Crippen LogP contribution in [0, 0.1) is 0 Å². The second kappa shape index (κ2) is 11.3. The highest BCUT2D eigenvalue weighted by atomic mass is 127. The zero-order chi connectivity index (χ0) is 16.5. The summed E-state index contributed by atoms with van der Waals surface area (Å²) in [6, 6.07) is 5.17. The third kappa shape index (κ3) is 6.70. The minimum Gasteiger partial charge on any atom is -0.508 e. The van der Waals surface area contributed by atoms with Gasteiger partial charge in [0.2, 0.25) is 0 Å². The molecule has 0 aromatic heterocycles. The molecule has 7 nitrogen and oxygen atoms in total. The lowest BCUT2D eigenvalue weighted by molar-refractivity contribution is 0.0389. The molecule has 0 atom stereocenters. The van der Waals surface area contributed by atoms with Gasteiger partial charge >= 0.3 is 0 Å². The van der Waals surface area contributed by atoms with Crippen LogP contribution in [0.2, 0.25) is 0 Å². The van der Waals surface area contributed by atoms with Crippen LogP contribution in [-0.2, 0) is 11.3 Å². The standard InChI is InChI=1S/C16H26N4O3.HI/c1-17-16(18-5-6-20-7-9-23-10-8-20)19-12-13-11-14(22-2)3-4-15(13)21;/h3-4,11,21H,5-10,12H2,1-2H3,(H2,17,18,19);1H. The number of hydrogen-bond acceptors (Lipinski definition) is 5. The predicted octanol–water partition coefficient (Wildman–Crippen LogP) is 1.02. The number of ether oxygens (including phenoxy) is 2. The van der Waals surface area contributed by atoms with E-state index in [1.54, 1.807) is 26.3 Å². The van der Waals surface area contributed by atoms with Crippen molar-refractivity contribution in [2.24, 2.45) is 4.99 Å². The van der Waals surface area contributed by atoms with E-state index in [-0.39, 0.29) is 29.7 Å². The molecule has 2 rings (SSSR count). The molecule has 1 aromatic carbocycles. The highest BCUT2D eigenvalue weighted by Crippen LogP contribution is 2.22. The van der Waals surface area contributed by atoms with Crippen molar-refractivity contribution in [3.8, 4) is 11.5 Å². The summed E-state index contributed by atoms with van der Waals surface area (Å²) in [6.45, 7) is 5.81. The average Bonchev–Trinajstić information content (AvgIpc) is 2.60. The first-order valence-corrected chi connectivity index (χ1v) is 7.83. The van der Waals surface area contributed by atoms with Crippen LogP contribution in [0.1, 0.15) is 5.56 Å². The van der Waals surface area contributed by atoms with E-state index in [1.165, 1.54) is 0 Å². The van der Waals surface area contributed by atoms with E-state index < -0.39 is 0 Å². The SMILES string of the molecule is CN=C(NCCN1CCOCC1)NCc1cc(OC)ccc1O.I. The molecule has 0 aliphatic carbocycles. The maximum Gasteiger partial charge on any atom is 0.191 e. The van der Waals surface area contributed by atoms with Gasteiger partial charge in [0, 0.05) is 45.3 Å². The molecule has 1 heterocycles. The topological polar surface area (TPSA) is 78.4 Å². The number of hydrogen-bond donors (Lipinski definition) is 3. The second-order valence-corrected chi connectivity index (χ2v) is 5.30. The van der Waals surface area contributed by atoms with Crippen LogP contribution in [0.25, 0.3) is 0 Å². The molecule has 0 amide bonds. The smallest absolute Gasteiger partial charge is 0.191 e. The zero-order valence-electron chi connectivity index (χ0n) is 14.2. The number of nitrogens with one attached hydrogen (secondary N) is 2. The van der Waals surface area contributed by atoms with Crippen molar-refractivity contribution in [1.29, 1.82) is 0 Å². The highest BCUT2D eigenvalue weighted by Gasteiger charge is 2.10. The van der Waals surface area contributed by atoms with Gasteiger partial charge in [0.1, 0.15) is 11.5 Å². The molecule has 1 fully saturated rings. The molecule has 0 saturated carbocycles. The van der Waals surface area contributed by atoms with Crippen LogP contribution in [0.4, 0.5) is 0 Å². The number of halogens is 1. The number of guanidine groups is 1. The van der Waals surface area contributed by atoms with Crippen molar-refractivity contribution >= 4 is 29.9 Å². The van der Waals surface area contributed by atoms with E-state index in [1.807, 2.05) is 6.07 Å². The quantitative estimate of drug-likeness (QED) is 0.341. The molecule has 136 valence electrons. The number of phenolic OH excluding ortho intramolecular Hbond substituents is 1. The number of nitrogens with zero attached hydrogens (tertiary/aromatic N) is 2. The second-order valence-electron chi connectivity index (χ2n) is 5.30. The molecule has 3 N–H and O–H groups in total. The number of aromatic hydroxyl groups is 1. The summed E-state index contributed by atoms with van der Waals surface area (Å²) in [7, 11) is 3.34. The third-order valence-corrected chi connectivity index (χ3v) is 3.78. The molecular formula is C16H27IN4O3. The van der Waals surface area contributed by atoms with Gasteiger partial charge in [-0.1, -0.05) is 0 Å². The van der Waals surface area contributed by atoms with Crippen molar-refractivity contribution in [3.05, 3.63) is 23.8 Å². The Balaban J connectivity index is 0.00000288. The van der Waals surface area contributed by atoms with Crippen molar-refractivity contribution < 1.29 is 14.6 Å². The van der Waals surface area contributed by atoms with Gasteiger partial charge in [-0.25, -0.2) is 0 Å². The predicted molar refractivity (Wildman–Crippen MR) is 106 cm³/mol. The van der Waals surface area contributed by atoms with E-state index in [9.17, 15) is 5.11 Å². The molecule has 1 aromatic rings. The number of aliphatic imine (C=N–C) groups is 1. The number of methoxy groups -OCH3 is 1. The van der Waals surface area contributed by atoms with Gasteiger partial charge in [0.05, 0.1) is 20.3 Å². The molecule has 0 radical (unpaired) electrons. The van der Waals surface area contributed by atoms with E-state index >= 15 is 0 Å². The highest BCUT2D eigenvalue weighted by molar-refractivity contribution is 14.0. The average molecular weight is 450 g/mol.